The number of halogens is 2. The molecule has 1 aromatic heterocycles. The van der Waals surface area contributed by atoms with E-state index < -0.39 is 10.0 Å². The normalized spacial score (nSPS) is 12.0. The first-order valence-corrected chi connectivity index (χ1v) is 7.61. The van der Waals surface area contributed by atoms with Crippen LogP contribution in [0, 0.1) is 0 Å². The summed E-state index contributed by atoms with van der Waals surface area (Å²) in [5.74, 6) is 0. The second kappa shape index (κ2) is 6.17. The molecular weight excluding hydrogens is 305 g/mol. The Kier molecular flexibility index (Phi) is 5.43. The number of rotatable bonds is 6. The summed E-state index contributed by atoms with van der Waals surface area (Å²) in [7, 11) is -3.74. The minimum atomic E-state index is -3.74. The van der Waals surface area contributed by atoms with Gasteiger partial charge in [-0.2, -0.15) is 4.31 Å². The van der Waals surface area contributed by atoms with Crippen molar-refractivity contribution in [3.63, 3.8) is 0 Å². The molecule has 17 heavy (non-hydrogen) atoms. The fourth-order valence-electron chi connectivity index (χ4n) is 1.21. The molecular formula is C9H11Cl2NO3S2. The van der Waals surface area contributed by atoms with E-state index in [1.54, 1.807) is 0 Å². The Hall–Kier alpha value is -0.110. The Morgan fingerprint density at radius 3 is 2.59 bits per heavy atom. The zero-order chi connectivity index (χ0) is 13.1. The summed E-state index contributed by atoms with van der Waals surface area (Å²) in [6.45, 7) is 3.29. The van der Waals surface area contributed by atoms with E-state index in [4.69, 9.17) is 28.3 Å². The summed E-state index contributed by atoms with van der Waals surface area (Å²) in [5.41, 5.74) is 0. The number of sulfonamides is 1. The fourth-order valence-corrected chi connectivity index (χ4v) is 4.72. The second-order valence-corrected chi connectivity index (χ2v) is 7.26. The lowest BCUT2D eigenvalue weighted by Gasteiger charge is -2.18. The Labute approximate surface area is 114 Å². The molecule has 8 heteroatoms. The van der Waals surface area contributed by atoms with Gasteiger partial charge < -0.3 is 5.11 Å². The van der Waals surface area contributed by atoms with Crippen LogP contribution in [0.15, 0.2) is 23.6 Å². The molecule has 4 nitrogen and oxygen atoms in total. The highest BCUT2D eigenvalue weighted by Crippen LogP contribution is 2.35. The summed E-state index contributed by atoms with van der Waals surface area (Å²) >= 11 is 12.5. The molecule has 0 aliphatic rings. The van der Waals surface area contributed by atoms with E-state index in [0.717, 1.165) is 15.6 Å². The molecule has 1 aromatic rings. The summed E-state index contributed by atoms with van der Waals surface area (Å²) < 4.78 is 25.9. The molecule has 0 atom stereocenters. The molecule has 96 valence electrons. The molecule has 0 aliphatic carbocycles. The van der Waals surface area contributed by atoms with Crippen molar-refractivity contribution in [3.05, 3.63) is 27.4 Å². The van der Waals surface area contributed by atoms with Gasteiger partial charge in [-0.05, 0) is 6.07 Å². The van der Waals surface area contributed by atoms with E-state index >= 15 is 0 Å². The Morgan fingerprint density at radius 1 is 1.53 bits per heavy atom. The van der Waals surface area contributed by atoms with Gasteiger partial charge in [-0.25, -0.2) is 8.42 Å². The van der Waals surface area contributed by atoms with Gasteiger partial charge >= 0.3 is 0 Å². The van der Waals surface area contributed by atoms with Crippen LogP contribution in [0.1, 0.15) is 0 Å². The first-order chi connectivity index (χ1) is 7.93. The zero-order valence-corrected chi connectivity index (χ0v) is 11.9. The third-order valence-electron chi connectivity index (χ3n) is 1.93. The van der Waals surface area contributed by atoms with Crippen LogP contribution in [0.4, 0.5) is 0 Å². The standard InChI is InChI=1S/C9H11Cl2NO3S2/c1-2-3-12(4-5-13)17(14,15)7-6-8(10)16-9(7)11/h2,6,13H,1,3-5H2. The Morgan fingerprint density at radius 2 is 2.18 bits per heavy atom. The maximum absolute atomic E-state index is 12.2. The fraction of sp³-hybridized carbons (Fsp3) is 0.333. The number of hydrogen-bond donors (Lipinski definition) is 1. The SMILES string of the molecule is C=CCN(CCO)S(=O)(=O)c1cc(Cl)sc1Cl. The topological polar surface area (TPSA) is 57.6 Å². The van der Waals surface area contributed by atoms with E-state index in [1.807, 2.05) is 0 Å². The van der Waals surface area contributed by atoms with E-state index in [2.05, 4.69) is 6.58 Å². The molecule has 0 fully saturated rings. The maximum Gasteiger partial charge on any atom is 0.245 e. The van der Waals surface area contributed by atoms with Crippen molar-refractivity contribution >= 4 is 44.6 Å². The first kappa shape index (κ1) is 14.9. The molecule has 0 saturated carbocycles. The minimum Gasteiger partial charge on any atom is -0.395 e. The van der Waals surface area contributed by atoms with Crippen molar-refractivity contribution < 1.29 is 13.5 Å². The van der Waals surface area contributed by atoms with Gasteiger partial charge in [-0.1, -0.05) is 29.3 Å². The van der Waals surface area contributed by atoms with Crippen LogP contribution in [0.25, 0.3) is 0 Å². The average Bonchev–Trinajstić information content (AvgIpc) is 2.58. The highest BCUT2D eigenvalue weighted by molar-refractivity contribution is 7.89. The molecule has 1 rings (SSSR count). The predicted octanol–water partition coefficient (Wildman–Crippen LogP) is 2.22. The van der Waals surface area contributed by atoms with Crippen molar-refractivity contribution in [1.82, 2.24) is 4.31 Å². The number of thiophene rings is 1. The van der Waals surface area contributed by atoms with E-state index in [0.29, 0.717) is 4.34 Å². The van der Waals surface area contributed by atoms with Crippen LogP contribution in [-0.2, 0) is 10.0 Å². The summed E-state index contributed by atoms with van der Waals surface area (Å²) in [4.78, 5) is -0.0375. The quantitative estimate of drug-likeness (QED) is 0.819. The third kappa shape index (κ3) is 3.43. The van der Waals surface area contributed by atoms with Crippen molar-refractivity contribution in [2.45, 2.75) is 4.90 Å². The molecule has 0 spiro atoms. The highest BCUT2D eigenvalue weighted by Gasteiger charge is 2.27. The summed E-state index contributed by atoms with van der Waals surface area (Å²) in [6, 6.07) is 1.30. The van der Waals surface area contributed by atoms with Gasteiger partial charge in [0.05, 0.1) is 10.9 Å². The monoisotopic (exact) mass is 315 g/mol. The smallest absolute Gasteiger partial charge is 0.245 e. The molecule has 0 bridgehead atoms. The van der Waals surface area contributed by atoms with E-state index in [-0.39, 0.29) is 28.9 Å². The van der Waals surface area contributed by atoms with Crippen molar-refractivity contribution in [2.24, 2.45) is 0 Å². The number of aliphatic hydroxyl groups excluding tert-OH is 1. The van der Waals surface area contributed by atoms with Gasteiger partial charge in [0.25, 0.3) is 0 Å². The van der Waals surface area contributed by atoms with Crippen molar-refractivity contribution in [2.75, 3.05) is 19.7 Å². The lowest BCUT2D eigenvalue weighted by Crippen LogP contribution is -2.33. The van der Waals surface area contributed by atoms with Gasteiger partial charge in [0.1, 0.15) is 9.23 Å². The second-order valence-electron chi connectivity index (χ2n) is 3.06. The van der Waals surface area contributed by atoms with Gasteiger partial charge in [-0.15, -0.1) is 17.9 Å². The molecule has 0 radical (unpaired) electrons. The molecule has 0 saturated heterocycles. The van der Waals surface area contributed by atoms with E-state index in [9.17, 15) is 8.42 Å². The molecule has 0 aliphatic heterocycles. The lowest BCUT2D eigenvalue weighted by molar-refractivity contribution is 0.260. The highest BCUT2D eigenvalue weighted by atomic mass is 35.5. The van der Waals surface area contributed by atoms with Crippen LogP contribution in [0.2, 0.25) is 8.67 Å². The Bertz CT molecular complexity index is 498. The predicted molar refractivity (Wildman–Crippen MR) is 70.4 cm³/mol. The molecule has 1 heterocycles. The number of nitrogens with zero attached hydrogens (tertiary/aromatic N) is 1. The largest absolute Gasteiger partial charge is 0.395 e. The van der Waals surface area contributed by atoms with Crippen LogP contribution in [0.5, 0.6) is 0 Å². The minimum absolute atomic E-state index is 0.0157. The van der Waals surface area contributed by atoms with Crippen molar-refractivity contribution in [3.8, 4) is 0 Å². The zero-order valence-electron chi connectivity index (χ0n) is 8.77. The average molecular weight is 316 g/mol. The number of aliphatic hydroxyl groups is 1. The van der Waals surface area contributed by atoms with Crippen molar-refractivity contribution in [1.29, 1.82) is 0 Å². The lowest BCUT2D eigenvalue weighted by atomic mass is 10.6. The van der Waals surface area contributed by atoms with Crippen LogP contribution in [-0.4, -0.2) is 37.5 Å². The van der Waals surface area contributed by atoms with E-state index in [1.165, 1.54) is 12.1 Å². The summed E-state index contributed by atoms with van der Waals surface area (Å²) in [5, 5.41) is 8.85. The van der Waals surface area contributed by atoms with Gasteiger partial charge in [-0.3, -0.25) is 0 Å². The van der Waals surface area contributed by atoms with Crippen LogP contribution < -0.4 is 0 Å². The molecule has 0 amide bonds. The van der Waals surface area contributed by atoms with Crippen LogP contribution >= 0.6 is 34.5 Å². The van der Waals surface area contributed by atoms with Gasteiger partial charge in [0.2, 0.25) is 10.0 Å². The molecule has 0 aromatic carbocycles. The summed E-state index contributed by atoms with van der Waals surface area (Å²) in [6.07, 6.45) is 1.44. The molecule has 0 unspecified atom stereocenters. The van der Waals surface area contributed by atoms with Gasteiger partial charge in [0.15, 0.2) is 0 Å². The first-order valence-electron chi connectivity index (χ1n) is 4.60. The van der Waals surface area contributed by atoms with Gasteiger partial charge in [0, 0.05) is 13.1 Å². The third-order valence-corrected chi connectivity index (χ3v) is 5.54. The van der Waals surface area contributed by atoms with Crippen LogP contribution in [0.3, 0.4) is 0 Å². The Balaban J connectivity index is 3.15. The number of hydrogen-bond acceptors (Lipinski definition) is 4. The molecule has 1 N–H and O–H groups in total. The maximum atomic E-state index is 12.2.